The van der Waals surface area contributed by atoms with Gasteiger partial charge in [0.2, 0.25) is 0 Å². The quantitative estimate of drug-likeness (QED) is 0.827. The number of rotatable bonds is 7. The topological polar surface area (TPSA) is 29.9 Å². The third-order valence-corrected chi connectivity index (χ3v) is 4.93. The molecular formula is C14H20BrN3S. The Morgan fingerprint density at radius 1 is 1.42 bits per heavy atom. The van der Waals surface area contributed by atoms with Gasteiger partial charge in [-0.3, -0.25) is 4.68 Å². The summed E-state index contributed by atoms with van der Waals surface area (Å²) < 4.78 is 3.16. The summed E-state index contributed by atoms with van der Waals surface area (Å²) in [6.07, 6.45) is 5.18. The molecule has 0 bridgehead atoms. The van der Waals surface area contributed by atoms with Gasteiger partial charge in [0.05, 0.1) is 3.79 Å². The second-order valence-electron chi connectivity index (χ2n) is 4.63. The Labute approximate surface area is 127 Å². The summed E-state index contributed by atoms with van der Waals surface area (Å²) in [6, 6.07) is 6.88. The predicted octanol–water partition coefficient (Wildman–Crippen LogP) is 3.92. The lowest BCUT2D eigenvalue weighted by Gasteiger charge is -2.17. The van der Waals surface area contributed by atoms with Gasteiger partial charge in [-0.2, -0.15) is 5.10 Å². The molecule has 0 spiro atoms. The highest BCUT2D eigenvalue weighted by Gasteiger charge is 2.13. The van der Waals surface area contributed by atoms with Crippen molar-refractivity contribution >= 4 is 27.3 Å². The fourth-order valence-electron chi connectivity index (χ4n) is 2.12. The monoisotopic (exact) mass is 341 g/mol. The normalized spacial score (nSPS) is 12.8. The molecule has 0 aliphatic heterocycles. The van der Waals surface area contributed by atoms with Crippen molar-refractivity contribution in [2.24, 2.45) is 7.05 Å². The molecule has 1 atom stereocenters. The molecule has 104 valence electrons. The molecule has 0 aromatic carbocycles. The molecule has 1 N–H and O–H groups in total. The highest BCUT2D eigenvalue weighted by atomic mass is 79.9. The molecule has 1 unspecified atom stereocenters. The molecule has 2 rings (SSSR count). The van der Waals surface area contributed by atoms with Crippen LogP contribution in [0.15, 0.2) is 28.2 Å². The summed E-state index contributed by atoms with van der Waals surface area (Å²) in [5.74, 6) is 0. The fourth-order valence-corrected chi connectivity index (χ4v) is 3.65. The SMILES string of the molecule is CCCNC(CCc1ccnn1C)c1ccc(Br)s1. The smallest absolute Gasteiger partial charge is 0.0701 e. The predicted molar refractivity (Wildman–Crippen MR) is 84.6 cm³/mol. The van der Waals surface area contributed by atoms with Gasteiger partial charge in [-0.05, 0) is 59.9 Å². The van der Waals surface area contributed by atoms with Crippen LogP contribution in [0.5, 0.6) is 0 Å². The molecule has 2 aromatic rings. The molecule has 0 saturated carbocycles. The van der Waals surface area contributed by atoms with Crippen LogP contribution in [0.4, 0.5) is 0 Å². The Bertz CT molecular complexity index is 506. The van der Waals surface area contributed by atoms with E-state index in [2.05, 4.69) is 51.5 Å². The van der Waals surface area contributed by atoms with Crippen LogP contribution in [0.1, 0.15) is 36.4 Å². The summed E-state index contributed by atoms with van der Waals surface area (Å²) >= 11 is 5.37. The van der Waals surface area contributed by atoms with Crippen LogP contribution in [0.3, 0.4) is 0 Å². The Morgan fingerprint density at radius 2 is 2.26 bits per heavy atom. The second kappa shape index (κ2) is 7.22. The van der Waals surface area contributed by atoms with E-state index in [9.17, 15) is 0 Å². The van der Waals surface area contributed by atoms with E-state index in [0.29, 0.717) is 6.04 Å². The first-order valence-electron chi connectivity index (χ1n) is 6.66. The van der Waals surface area contributed by atoms with E-state index in [1.54, 1.807) is 0 Å². The summed E-state index contributed by atoms with van der Waals surface area (Å²) in [4.78, 5) is 1.41. The first kappa shape index (κ1) is 14.8. The van der Waals surface area contributed by atoms with Crippen molar-refractivity contribution < 1.29 is 0 Å². The maximum Gasteiger partial charge on any atom is 0.0701 e. The minimum absolute atomic E-state index is 0.436. The van der Waals surface area contributed by atoms with Crippen LogP contribution in [-0.2, 0) is 13.5 Å². The van der Waals surface area contributed by atoms with Crippen molar-refractivity contribution in [1.82, 2.24) is 15.1 Å². The Morgan fingerprint density at radius 3 is 2.84 bits per heavy atom. The number of aryl methyl sites for hydroxylation is 2. The fraction of sp³-hybridized carbons (Fsp3) is 0.500. The number of hydrogen-bond acceptors (Lipinski definition) is 3. The van der Waals surface area contributed by atoms with Gasteiger partial charge in [0, 0.05) is 29.9 Å². The van der Waals surface area contributed by atoms with Crippen LogP contribution in [0.2, 0.25) is 0 Å². The first-order chi connectivity index (χ1) is 9.20. The van der Waals surface area contributed by atoms with Gasteiger partial charge in [-0.25, -0.2) is 0 Å². The largest absolute Gasteiger partial charge is 0.309 e. The zero-order valence-electron chi connectivity index (χ0n) is 11.4. The van der Waals surface area contributed by atoms with Crippen LogP contribution >= 0.6 is 27.3 Å². The molecule has 0 aliphatic rings. The van der Waals surface area contributed by atoms with Crippen molar-refractivity contribution in [3.8, 4) is 0 Å². The van der Waals surface area contributed by atoms with Crippen LogP contribution < -0.4 is 5.32 Å². The van der Waals surface area contributed by atoms with Gasteiger partial charge in [-0.15, -0.1) is 11.3 Å². The molecular weight excluding hydrogens is 322 g/mol. The molecule has 2 heterocycles. The van der Waals surface area contributed by atoms with Crippen molar-refractivity contribution in [2.45, 2.75) is 32.2 Å². The summed E-state index contributed by atoms with van der Waals surface area (Å²) in [6.45, 7) is 3.26. The highest BCUT2D eigenvalue weighted by molar-refractivity contribution is 9.11. The molecule has 0 aliphatic carbocycles. The average Bonchev–Trinajstić information content (AvgIpc) is 2.99. The number of hydrogen-bond donors (Lipinski definition) is 1. The van der Waals surface area contributed by atoms with Crippen molar-refractivity contribution in [1.29, 1.82) is 0 Å². The average molecular weight is 342 g/mol. The van der Waals surface area contributed by atoms with Gasteiger partial charge in [0.15, 0.2) is 0 Å². The molecule has 2 aromatic heterocycles. The molecule has 0 radical (unpaired) electrons. The lowest BCUT2D eigenvalue weighted by atomic mass is 10.1. The number of nitrogens with one attached hydrogen (secondary N) is 1. The lowest BCUT2D eigenvalue weighted by molar-refractivity contribution is 0.498. The molecule has 0 amide bonds. The van der Waals surface area contributed by atoms with Gasteiger partial charge in [-0.1, -0.05) is 6.92 Å². The number of aromatic nitrogens is 2. The van der Waals surface area contributed by atoms with Crippen molar-refractivity contribution in [2.75, 3.05) is 6.54 Å². The molecule has 0 saturated heterocycles. The molecule has 19 heavy (non-hydrogen) atoms. The van der Waals surface area contributed by atoms with E-state index in [4.69, 9.17) is 0 Å². The Balaban J connectivity index is 1.99. The van der Waals surface area contributed by atoms with Gasteiger partial charge in [0.25, 0.3) is 0 Å². The van der Waals surface area contributed by atoms with Gasteiger partial charge in [0.1, 0.15) is 0 Å². The van der Waals surface area contributed by atoms with E-state index in [1.165, 1.54) is 14.4 Å². The number of thiophene rings is 1. The molecule has 3 nitrogen and oxygen atoms in total. The first-order valence-corrected chi connectivity index (χ1v) is 8.27. The third-order valence-electron chi connectivity index (χ3n) is 3.19. The van der Waals surface area contributed by atoms with E-state index >= 15 is 0 Å². The molecule has 0 fully saturated rings. The Kier molecular flexibility index (Phi) is 5.60. The van der Waals surface area contributed by atoms with Crippen LogP contribution in [0, 0.1) is 0 Å². The zero-order valence-corrected chi connectivity index (χ0v) is 13.8. The van der Waals surface area contributed by atoms with Crippen LogP contribution in [0.25, 0.3) is 0 Å². The minimum Gasteiger partial charge on any atom is -0.309 e. The van der Waals surface area contributed by atoms with Gasteiger partial charge >= 0.3 is 0 Å². The van der Waals surface area contributed by atoms with E-state index in [1.807, 2.05) is 29.3 Å². The Hall–Kier alpha value is -0.650. The van der Waals surface area contributed by atoms with Gasteiger partial charge < -0.3 is 5.32 Å². The highest BCUT2D eigenvalue weighted by Crippen LogP contribution is 2.29. The number of halogens is 1. The van der Waals surface area contributed by atoms with Crippen molar-refractivity contribution in [3.63, 3.8) is 0 Å². The zero-order chi connectivity index (χ0) is 13.7. The standard InChI is InChI=1S/C14H20BrN3S/c1-3-9-16-12(13-6-7-14(15)19-13)5-4-11-8-10-17-18(11)2/h6-8,10,12,16H,3-5,9H2,1-2H3. The van der Waals surface area contributed by atoms with Crippen molar-refractivity contribution in [3.05, 3.63) is 38.8 Å². The molecule has 5 heteroatoms. The summed E-state index contributed by atoms with van der Waals surface area (Å²) in [5.41, 5.74) is 1.29. The van der Waals surface area contributed by atoms with Crippen LogP contribution in [-0.4, -0.2) is 16.3 Å². The second-order valence-corrected chi connectivity index (χ2v) is 7.13. The van der Waals surface area contributed by atoms with E-state index < -0.39 is 0 Å². The third kappa shape index (κ3) is 4.16. The maximum atomic E-state index is 4.22. The van der Waals surface area contributed by atoms with E-state index in [-0.39, 0.29) is 0 Å². The lowest BCUT2D eigenvalue weighted by Crippen LogP contribution is -2.22. The maximum absolute atomic E-state index is 4.22. The summed E-state index contributed by atoms with van der Waals surface area (Å²) in [7, 11) is 2.01. The minimum atomic E-state index is 0.436. The van der Waals surface area contributed by atoms with E-state index in [0.717, 1.165) is 25.8 Å². The summed E-state index contributed by atoms with van der Waals surface area (Å²) in [5, 5.41) is 7.87. The number of nitrogens with zero attached hydrogens (tertiary/aromatic N) is 2.